The van der Waals surface area contributed by atoms with Crippen molar-refractivity contribution in [1.29, 1.82) is 0 Å². The van der Waals surface area contributed by atoms with Crippen molar-refractivity contribution in [2.75, 3.05) is 18.9 Å². The number of hydrogen-bond acceptors (Lipinski definition) is 6. The van der Waals surface area contributed by atoms with E-state index in [1.807, 2.05) is 54.7 Å². The molecule has 9 nitrogen and oxygen atoms in total. The van der Waals surface area contributed by atoms with Crippen LogP contribution in [-0.4, -0.2) is 44.2 Å². The van der Waals surface area contributed by atoms with Gasteiger partial charge in [-0.05, 0) is 52.2 Å². The van der Waals surface area contributed by atoms with Crippen LogP contribution in [0.25, 0.3) is 32.9 Å². The summed E-state index contributed by atoms with van der Waals surface area (Å²) in [7, 11) is 0. The number of hydrogen-bond donors (Lipinski definition) is 2. The van der Waals surface area contributed by atoms with E-state index in [-0.39, 0.29) is 6.23 Å². The number of amides is 1. The van der Waals surface area contributed by atoms with Crippen LogP contribution in [0.1, 0.15) is 46.3 Å². The first kappa shape index (κ1) is 23.2. The molecule has 0 aliphatic carbocycles. The molecule has 0 spiro atoms. The Morgan fingerprint density at radius 2 is 2.03 bits per heavy atom. The Hall–Kier alpha value is -3.59. The Morgan fingerprint density at radius 1 is 1.20 bits per heavy atom. The monoisotopic (exact) mass is 476 g/mol. The lowest BCUT2D eigenvalue weighted by Gasteiger charge is -2.24. The van der Waals surface area contributed by atoms with E-state index in [0.29, 0.717) is 18.9 Å². The van der Waals surface area contributed by atoms with Gasteiger partial charge in [0.05, 0.1) is 11.2 Å². The zero-order valence-electron chi connectivity index (χ0n) is 20.5. The molecule has 1 aromatic carbocycles. The SMILES string of the molecule is CC(C)(C)OC(=O)NCCn1cc2c(N)nc3cc(-c4ccnn4C4CCCCO4)ccc3c2c1. The number of alkyl carbamates (subject to hydrolysis) is 1. The lowest BCUT2D eigenvalue weighted by Crippen LogP contribution is -2.34. The Kier molecular flexibility index (Phi) is 6.10. The predicted octanol–water partition coefficient (Wildman–Crippen LogP) is 4.86. The molecule has 1 atom stereocenters. The Morgan fingerprint density at radius 3 is 2.80 bits per heavy atom. The highest BCUT2D eigenvalue weighted by Gasteiger charge is 2.20. The van der Waals surface area contributed by atoms with E-state index in [0.717, 1.165) is 58.8 Å². The van der Waals surface area contributed by atoms with Gasteiger partial charge in [0.1, 0.15) is 11.4 Å². The van der Waals surface area contributed by atoms with Gasteiger partial charge in [-0.2, -0.15) is 5.10 Å². The molecule has 1 amide bonds. The van der Waals surface area contributed by atoms with Gasteiger partial charge in [0.15, 0.2) is 6.23 Å². The van der Waals surface area contributed by atoms with Crippen molar-refractivity contribution < 1.29 is 14.3 Å². The van der Waals surface area contributed by atoms with Crippen molar-refractivity contribution in [3.63, 3.8) is 0 Å². The molecule has 1 aliphatic rings. The summed E-state index contributed by atoms with van der Waals surface area (Å²) in [6.45, 7) is 7.33. The van der Waals surface area contributed by atoms with E-state index in [9.17, 15) is 4.79 Å². The Bertz CT molecular complexity index is 1360. The van der Waals surface area contributed by atoms with Crippen LogP contribution in [0.2, 0.25) is 0 Å². The van der Waals surface area contributed by atoms with Gasteiger partial charge in [0, 0.05) is 60.0 Å². The molecule has 4 aromatic rings. The first-order valence-electron chi connectivity index (χ1n) is 12.1. The second kappa shape index (κ2) is 9.22. The second-order valence-electron chi connectivity index (χ2n) is 9.96. The smallest absolute Gasteiger partial charge is 0.407 e. The number of fused-ring (bicyclic) bond motifs is 3. The number of anilines is 1. The van der Waals surface area contributed by atoms with E-state index >= 15 is 0 Å². The average molecular weight is 477 g/mol. The lowest BCUT2D eigenvalue weighted by atomic mass is 10.1. The number of pyridine rings is 1. The topological polar surface area (TPSA) is 109 Å². The second-order valence-corrected chi connectivity index (χ2v) is 9.96. The highest BCUT2D eigenvalue weighted by molar-refractivity contribution is 6.10. The fraction of sp³-hybridized carbons (Fsp3) is 0.423. The molecule has 1 fully saturated rings. The number of nitrogen functional groups attached to an aromatic ring is 1. The molecule has 1 aliphatic heterocycles. The minimum absolute atomic E-state index is 0.0340. The maximum Gasteiger partial charge on any atom is 0.407 e. The van der Waals surface area contributed by atoms with Gasteiger partial charge < -0.3 is 25.1 Å². The summed E-state index contributed by atoms with van der Waals surface area (Å²) >= 11 is 0. The summed E-state index contributed by atoms with van der Waals surface area (Å²) in [5.41, 5.74) is 8.68. The summed E-state index contributed by atoms with van der Waals surface area (Å²) in [4.78, 5) is 16.6. The minimum atomic E-state index is -0.523. The standard InChI is InChI=1S/C26H32N6O3/c1-26(2,3)35-25(33)28-11-12-31-15-19-18-8-7-17(14-21(18)30-24(27)20(19)16-31)22-9-10-29-32(22)23-6-4-5-13-34-23/h7-10,14-16,23H,4-6,11-13H2,1-3H3,(H2,27,30)(H,28,33). The zero-order valence-corrected chi connectivity index (χ0v) is 20.5. The summed E-state index contributed by atoms with van der Waals surface area (Å²) in [5.74, 6) is 0.479. The highest BCUT2D eigenvalue weighted by Crippen LogP contribution is 2.33. The van der Waals surface area contributed by atoms with E-state index in [4.69, 9.17) is 20.2 Å². The number of carbonyl (C=O) groups excluding carboxylic acids is 1. The van der Waals surface area contributed by atoms with Crippen LogP contribution in [0.15, 0.2) is 42.9 Å². The number of ether oxygens (including phenoxy) is 2. The van der Waals surface area contributed by atoms with Crippen molar-refractivity contribution in [2.24, 2.45) is 0 Å². The summed E-state index contributed by atoms with van der Waals surface area (Å²) < 4.78 is 15.2. The quantitative estimate of drug-likeness (QED) is 0.426. The van der Waals surface area contributed by atoms with Crippen LogP contribution >= 0.6 is 0 Å². The molecular formula is C26H32N6O3. The highest BCUT2D eigenvalue weighted by atomic mass is 16.6. The summed E-state index contributed by atoms with van der Waals surface area (Å²) in [6, 6.07) is 8.25. The number of aromatic nitrogens is 4. The molecule has 5 rings (SSSR count). The third kappa shape index (κ3) is 4.95. The first-order valence-corrected chi connectivity index (χ1v) is 12.1. The summed E-state index contributed by atoms with van der Waals surface area (Å²) in [5, 5.41) is 10.3. The van der Waals surface area contributed by atoms with Gasteiger partial charge in [-0.3, -0.25) is 0 Å². The van der Waals surface area contributed by atoms with Gasteiger partial charge in [0.25, 0.3) is 0 Å². The number of carbonyl (C=O) groups is 1. The van der Waals surface area contributed by atoms with Gasteiger partial charge in [-0.25, -0.2) is 14.5 Å². The van der Waals surface area contributed by atoms with Crippen LogP contribution in [-0.2, 0) is 16.0 Å². The molecule has 1 saturated heterocycles. The van der Waals surface area contributed by atoms with Crippen LogP contribution in [0, 0.1) is 0 Å². The van der Waals surface area contributed by atoms with Crippen LogP contribution in [0.5, 0.6) is 0 Å². The van der Waals surface area contributed by atoms with Gasteiger partial charge in [-0.15, -0.1) is 0 Å². The molecule has 0 saturated carbocycles. The number of benzene rings is 1. The summed E-state index contributed by atoms with van der Waals surface area (Å²) in [6.07, 6.45) is 8.57. The first-order chi connectivity index (χ1) is 16.8. The number of nitrogens with zero attached hydrogens (tertiary/aromatic N) is 4. The number of nitrogens with two attached hydrogens (primary N) is 1. The largest absolute Gasteiger partial charge is 0.444 e. The van der Waals surface area contributed by atoms with Crippen molar-refractivity contribution in [3.8, 4) is 11.3 Å². The lowest BCUT2D eigenvalue weighted by molar-refractivity contribution is -0.0383. The van der Waals surface area contributed by atoms with Crippen LogP contribution in [0.4, 0.5) is 10.6 Å². The van der Waals surface area contributed by atoms with E-state index in [1.54, 1.807) is 0 Å². The zero-order chi connectivity index (χ0) is 24.6. The molecule has 4 heterocycles. The third-order valence-electron chi connectivity index (χ3n) is 6.12. The van der Waals surface area contributed by atoms with Crippen molar-refractivity contribution in [1.82, 2.24) is 24.6 Å². The molecule has 184 valence electrons. The molecular weight excluding hydrogens is 444 g/mol. The fourth-order valence-electron chi connectivity index (χ4n) is 4.55. The van der Waals surface area contributed by atoms with Gasteiger partial charge in [-0.1, -0.05) is 12.1 Å². The van der Waals surface area contributed by atoms with Crippen molar-refractivity contribution >= 4 is 33.6 Å². The molecule has 3 N–H and O–H groups in total. The van der Waals surface area contributed by atoms with E-state index in [1.165, 1.54) is 0 Å². The van der Waals surface area contributed by atoms with Crippen molar-refractivity contribution in [3.05, 3.63) is 42.9 Å². The normalized spacial score (nSPS) is 16.6. The van der Waals surface area contributed by atoms with E-state index in [2.05, 4.69) is 28.6 Å². The maximum absolute atomic E-state index is 11.9. The predicted molar refractivity (Wildman–Crippen MR) is 136 cm³/mol. The molecule has 0 radical (unpaired) electrons. The van der Waals surface area contributed by atoms with Crippen molar-refractivity contribution in [2.45, 2.75) is 58.4 Å². The van der Waals surface area contributed by atoms with Gasteiger partial charge in [0.2, 0.25) is 0 Å². The van der Waals surface area contributed by atoms with E-state index < -0.39 is 11.7 Å². The van der Waals surface area contributed by atoms with Crippen LogP contribution < -0.4 is 11.1 Å². The molecule has 0 bridgehead atoms. The molecule has 3 aromatic heterocycles. The number of rotatable bonds is 5. The average Bonchev–Trinajstić information content (AvgIpc) is 3.46. The number of nitrogens with one attached hydrogen (secondary N) is 1. The molecule has 35 heavy (non-hydrogen) atoms. The minimum Gasteiger partial charge on any atom is -0.444 e. The Balaban J connectivity index is 1.39. The fourth-order valence-corrected chi connectivity index (χ4v) is 4.55. The third-order valence-corrected chi connectivity index (χ3v) is 6.12. The Labute approximate surface area is 204 Å². The van der Waals surface area contributed by atoms with Gasteiger partial charge >= 0.3 is 6.09 Å². The van der Waals surface area contributed by atoms with Crippen LogP contribution in [0.3, 0.4) is 0 Å². The molecule has 1 unspecified atom stereocenters. The maximum atomic E-state index is 11.9. The molecule has 9 heteroatoms.